The van der Waals surface area contributed by atoms with E-state index in [9.17, 15) is 4.21 Å². The summed E-state index contributed by atoms with van der Waals surface area (Å²) in [6.45, 7) is 2.43. The van der Waals surface area contributed by atoms with Gasteiger partial charge in [0.05, 0.1) is 19.5 Å². The first-order chi connectivity index (χ1) is 8.58. The Labute approximate surface area is 111 Å². The largest absolute Gasteiger partial charge is 0.496 e. The summed E-state index contributed by atoms with van der Waals surface area (Å²) >= 11 is 0. The van der Waals surface area contributed by atoms with Crippen LogP contribution in [0.5, 0.6) is 5.75 Å². The summed E-state index contributed by atoms with van der Waals surface area (Å²) in [5.41, 5.74) is 7.80. The van der Waals surface area contributed by atoms with E-state index in [0.717, 1.165) is 16.9 Å². The Hall–Kier alpha value is -0.910. The lowest BCUT2D eigenvalue weighted by Gasteiger charge is -2.12. The van der Waals surface area contributed by atoms with E-state index in [2.05, 4.69) is 0 Å². The van der Waals surface area contributed by atoms with Gasteiger partial charge in [-0.2, -0.15) is 0 Å². The van der Waals surface area contributed by atoms with Crippen LogP contribution in [0.2, 0.25) is 0 Å². The third-order valence-electron chi connectivity index (χ3n) is 2.66. The second-order valence-corrected chi connectivity index (χ2v) is 5.72. The van der Waals surface area contributed by atoms with Gasteiger partial charge in [0, 0.05) is 35.3 Å². The number of nitrogens with two attached hydrogens (primary N) is 1. The van der Waals surface area contributed by atoms with Gasteiger partial charge in [-0.05, 0) is 24.6 Å². The molecular formula is C13H21NO3S. The second-order valence-electron chi connectivity index (χ2n) is 4.14. The van der Waals surface area contributed by atoms with Gasteiger partial charge in [-0.1, -0.05) is 6.07 Å². The van der Waals surface area contributed by atoms with Crippen molar-refractivity contribution in [2.75, 3.05) is 26.6 Å². The molecule has 0 aliphatic heterocycles. The number of rotatable bonds is 7. The van der Waals surface area contributed by atoms with Crippen molar-refractivity contribution in [3.8, 4) is 5.75 Å². The highest BCUT2D eigenvalue weighted by molar-refractivity contribution is 7.84. The fraction of sp³-hybridized carbons (Fsp3) is 0.538. The highest BCUT2D eigenvalue weighted by Gasteiger charge is 2.10. The third kappa shape index (κ3) is 4.40. The van der Waals surface area contributed by atoms with E-state index >= 15 is 0 Å². The molecule has 2 N–H and O–H groups in total. The smallest absolute Gasteiger partial charge is 0.123 e. The Morgan fingerprint density at radius 3 is 2.67 bits per heavy atom. The van der Waals surface area contributed by atoms with Crippen LogP contribution in [0.3, 0.4) is 0 Å². The zero-order valence-corrected chi connectivity index (χ0v) is 12.0. The fourth-order valence-electron chi connectivity index (χ4n) is 1.62. The van der Waals surface area contributed by atoms with Gasteiger partial charge < -0.3 is 15.2 Å². The SMILES string of the molecule is COCCS(=O)Cc1cc(C(C)N)ccc1OC. The molecule has 2 atom stereocenters. The van der Waals surface area contributed by atoms with E-state index in [1.165, 1.54) is 0 Å². The van der Waals surface area contributed by atoms with Crippen LogP contribution < -0.4 is 10.5 Å². The average molecular weight is 271 g/mol. The zero-order valence-electron chi connectivity index (χ0n) is 11.1. The Morgan fingerprint density at radius 2 is 2.11 bits per heavy atom. The Kier molecular flexibility index (Phi) is 6.32. The summed E-state index contributed by atoms with van der Waals surface area (Å²) in [5, 5.41) is 0. The van der Waals surface area contributed by atoms with Crippen molar-refractivity contribution in [2.24, 2.45) is 5.73 Å². The minimum absolute atomic E-state index is 0.0398. The predicted octanol–water partition coefficient (Wildman–Crippen LogP) is 1.61. The number of hydrogen-bond acceptors (Lipinski definition) is 4. The van der Waals surface area contributed by atoms with Gasteiger partial charge in [-0.15, -0.1) is 0 Å². The molecule has 5 heteroatoms. The summed E-state index contributed by atoms with van der Waals surface area (Å²) in [5.74, 6) is 1.75. The molecule has 0 amide bonds. The first-order valence-corrected chi connectivity index (χ1v) is 7.33. The molecule has 0 aliphatic carbocycles. The third-order valence-corrected chi connectivity index (χ3v) is 3.92. The van der Waals surface area contributed by atoms with Crippen LogP contribution in [0.1, 0.15) is 24.1 Å². The maximum absolute atomic E-state index is 11.9. The minimum atomic E-state index is -0.950. The average Bonchev–Trinajstić information content (AvgIpc) is 2.36. The molecule has 0 aromatic heterocycles. The van der Waals surface area contributed by atoms with Crippen molar-refractivity contribution in [1.82, 2.24) is 0 Å². The molecule has 0 saturated heterocycles. The molecule has 0 spiro atoms. The van der Waals surface area contributed by atoms with E-state index < -0.39 is 10.8 Å². The van der Waals surface area contributed by atoms with Crippen LogP contribution in [0.15, 0.2) is 18.2 Å². The molecule has 0 fully saturated rings. The second kappa shape index (κ2) is 7.51. The van der Waals surface area contributed by atoms with Crippen LogP contribution >= 0.6 is 0 Å². The Morgan fingerprint density at radius 1 is 1.39 bits per heavy atom. The van der Waals surface area contributed by atoms with Crippen molar-refractivity contribution in [2.45, 2.75) is 18.7 Å². The van der Waals surface area contributed by atoms with Crippen LogP contribution in [0, 0.1) is 0 Å². The predicted molar refractivity (Wildman–Crippen MR) is 74.2 cm³/mol. The highest BCUT2D eigenvalue weighted by atomic mass is 32.2. The monoisotopic (exact) mass is 271 g/mol. The number of benzene rings is 1. The van der Waals surface area contributed by atoms with E-state index in [1.807, 2.05) is 25.1 Å². The normalized spacial score (nSPS) is 14.2. The minimum Gasteiger partial charge on any atom is -0.496 e. The van der Waals surface area contributed by atoms with Crippen LogP contribution in [-0.4, -0.2) is 30.8 Å². The maximum atomic E-state index is 11.9. The zero-order chi connectivity index (χ0) is 13.5. The number of hydrogen-bond donors (Lipinski definition) is 1. The van der Waals surface area contributed by atoms with E-state index in [1.54, 1.807) is 14.2 Å². The summed E-state index contributed by atoms with van der Waals surface area (Å²) in [7, 11) is 2.27. The summed E-state index contributed by atoms with van der Waals surface area (Å²) in [4.78, 5) is 0. The standard InChI is InChI=1S/C13H21NO3S/c1-10(14)11-4-5-13(17-3)12(8-11)9-18(15)7-6-16-2/h4-5,8,10H,6-7,9,14H2,1-3H3. The molecule has 0 aliphatic rings. The molecule has 0 radical (unpaired) electrons. The number of methoxy groups -OCH3 is 2. The lowest BCUT2D eigenvalue weighted by molar-refractivity contribution is 0.218. The quantitative estimate of drug-likeness (QED) is 0.818. The molecule has 0 bridgehead atoms. The molecule has 4 nitrogen and oxygen atoms in total. The van der Waals surface area contributed by atoms with Gasteiger partial charge in [0.2, 0.25) is 0 Å². The Bertz CT molecular complexity index is 407. The van der Waals surface area contributed by atoms with Crippen LogP contribution in [-0.2, 0) is 21.3 Å². The Balaban J connectivity index is 2.84. The van der Waals surface area contributed by atoms with Crippen molar-refractivity contribution >= 4 is 10.8 Å². The van der Waals surface area contributed by atoms with Crippen molar-refractivity contribution in [3.63, 3.8) is 0 Å². The summed E-state index contributed by atoms with van der Waals surface area (Å²) in [6, 6.07) is 5.74. The van der Waals surface area contributed by atoms with Crippen molar-refractivity contribution in [1.29, 1.82) is 0 Å². The van der Waals surface area contributed by atoms with Crippen molar-refractivity contribution < 1.29 is 13.7 Å². The lowest BCUT2D eigenvalue weighted by Crippen LogP contribution is -2.09. The molecule has 18 heavy (non-hydrogen) atoms. The van der Waals surface area contributed by atoms with E-state index in [-0.39, 0.29) is 6.04 Å². The summed E-state index contributed by atoms with van der Waals surface area (Å²) < 4.78 is 22.1. The topological polar surface area (TPSA) is 61.5 Å². The molecule has 1 aromatic carbocycles. The van der Waals surface area contributed by atoms with Crippen LogP contribution in [0.25, 0.3) is 0 Å². The number of ether oxygens (including phenoxy) is 2. The maximum Gasteiger partial charge on any atom is 0.123 e. The first kappa shape index (κ1) is 15.1. The molecule has 0 heterocycles. The van der Waals surface area contributed by atoms with Gasteiger partial charge in [-0.25, -0.2) is 0 Å². The van der Waals surface area contributed by atoms with Gasteiger partial charge in [0.25, 0.3) is 0 Å². The molecule has 1 aromatic rings. The van der Waals surface area contributed by atoms with Gasteiger partial charge in [0.15, 0.2) is 0 Å². The molecule has 2 unspecified atom stereocenters. The van der Waals surface area contributed by atoms with Gasteiger partial charge in [0.1, 0.15) is 5.75 Å². The van der Waals surface area contributed by atoms with E-state index in [0.29, 0.717) is 18.1 Å². The van der Waals surface area contributed by atoms with Crippen LogP contribution in [0.4, 0.5) is 0 Å². The first-order valence-electron chi connectivity index (χ1n) is 5.84. The summed E-state index contributed by atoms with van der Waals surface area (Å²) in [6.07, 6.45) is 0. The molecule has 1 rings (SSSR count). The molecular weight excluding hydrogens is 250 g/mol. The highest BCUT2D eigenvalue weighted by Crippen LogP contribution is 2.23. The lowest BCUT2D eigenvalue weighted by atomic mass is 10.1. The van der Waals surface area contributed by atoms with Gasteiger partial charge in [-0.3, -0.25) is 4.21 Å². The van der Waals surface area contributed by atoms with E-state index in [4.69, 9.17) is 15.2 Å². The molecule has 0 saturated carbocycles. The molecule has 102 valence electrons. The van der Waals surface area contributed by atoms with Crippen molar-refractivity contribution in [3.05, 3.63) is 29.3 Å². The fourth-order valence-corrected chi connectivity index (χ4v) is 2.69. The van der Waals surface area contributed by atoms with Gasteiger partial charge >= 0.3 is 0 Å².